The van der Waals surface area contributed by atoms with Gasteiger partial charge in [0.25, 0.3) is 0 Å². The molecule has 2 aromatic rings. The summed E-state index contributed by atoms with van der Waals surface area (Å²) >= 11 is 3.54. The van der Waals surface area contributed by atoms with Crippen LogP contribution < -0.4 is 5.32 Å². The average molecular weight is 327 g/mol. The van der Waals surface area contributed by atoms with Gasteiger partial charge < -0.3 is 5.32 Å². The van der Waals surface area contributed by atoms with Crippen LogP contribution >= 0.6 is 15.9 Å². The molecule has 0 aromatic heterocycles. The topological polar surface area (TPSA) is 35.8 Å². The minimum absolute atomic E-state index is 0.351. The van der Waals surface area contributed by atoms with Crippen molar-refractivity contribution in [3.8, 4) is 6.07 Å². The molecule has 0 bridgehead atoms. The lowest BCUT2D eigenvalue weighted by atomic mass is 9.87. The number of nitrogens with zero attached hydrogens (tertiary/aromatic N) is 1. The van der Waals surface area contributed by atoms with E-state index in [-0.39, 0.29) is 0 Å². The number of rotatable bonds is 2. The van der Waals surface area contributed by atoms with Crippen molar-refractivity contribution in [3.63, 3.8) is 0 Å². The molecule has 2 aromatic carbocycles. The van der Waals surface area contributed by atoms with E-state index in [0.717, 1.165) is 16.6 Å². The fraction of sp³-hybridized carbons (Fsp3) is 0.235. The van der Waals surface area contributed by atoms with Crippen molar-refractivity contribution in [2.75, 3.05) is 5.32 Å². The van der Waals surface area contributed by atoms with Crippen LogP contribution in [0.25, 0.3) is 0 Å². The molecule has 0 spiro atoms. The van der Waals surface area contributed by atoms with Gasteiger partial charge >= 0.3 is 0 Å². The lowest BCUT2D eigenvalue weighted by Crippen LogP contribution is -2.17. The maximum Gasteiger partial charge on any atom is 0.0992 e. The van der Waals surface area contributed by atoms with Crippen LogP contribution in [0.2, 0.25) is 0 Å². The third-order valence-electron chi connectivity index (χ3n) is 3.80. The maximum atomic E-state index is 8.91. The molecule has 0 heterocycles. The second kappa shape index (κ2) is 5.68. The Labute approximate surface area is 127 Å². The fourth-order valence-electron chi connectivity index (χ4n) is 2.79. The molecular formula is C17H15BrN2. The number of nitriles is 1. The van der Waals surface area contributed by atoms with Gasteiger partial charge in [0.05, 0.1) is 17.7 Å². The van der Waals surface area contributed by atoms with Crippen LogP contribution in [0.15, 0.2) is 46.9 Å². The first-order chi connectivity index (χ1) is 9.78. The van der Waals surface area contributed by atoms with E-state index in [9.17, 15) is 0 Å². The van der Waals surface area contributed by atoms with Gasteiger partial charge in [-0.3, -0.25) is 0 Å². The summed E-state index contributed by atoms with van der Waals surface area (Å²) in [5.74, 6) is 0. The molecule has 0 fully saturated rings. The standard InChI is InChI=1S/C17H15BrN2/c18-15-10-12(11-19)8-9-17(15)20-16-7-3-5-13-4-1-2-6-14(13)16/h1-2,4,6,8-10,16,20H,3,5,7H2. The first kappa shape index (κ1) is 13.2. The van der Waals surface area contributed by atoms with Crippen molar-refractivity contribution in [2.24, 2.45) is 0 Å². The van der Waals surface area contributed by atoms with E-state index in [4.69, 9.17) is 5.26 Å². The molecular weight excluding hydrogens is 312 g/mol. The van der Waals surface area contributed by atoms with Crippen molar-refractivity contribution in [1.29, 1.82) is 5.26 Å². The highest BCUT2D eigenvalue weighted by atomic mass is 79.9. The van der Waals surface area contributed by atoms with E-state index in [1.165, 1.54) is 24.0 Å². The predicted octanol–water partition coefficient (Wildman–Crippen LogP) is 4.81. The summed E-state index contributed by atoms with van der Waals surface area (Å²) in [6.45, 7) is 0. The summed E-state index contributed by atoms with van der Waals surface area (Å²) in [6.07, 6.45) is 3.52. The van der Waals surface area contributed by atoms with Crippen LogP contribution in [-0.2, 0) is 6.42 Å². The van der Waals surface area contributed by atoms with Crippen molar-refractivity contribution in [3.05, 3.63) is 63.6 Å². The minimum Gasteiger partial charge on any atom is -0.377 e. The number of fused-ring (bicyclic) bond motifs is 1. The van der Waals surface area contributed by atoms with E-state index in [2.05, 4.69) is 51.6 Å². The number of nitrogens with one attached hydrogen (secondary N) is 1. The Morgan fingerprint density at radius 1 is 1.20 bits per heavy atom. The molecule has 0 saturated carbocycles. The quantitative estimate of drug-likeness (QED) is 0.859. The number of benzene rings is 2. The Balaban J connectivity index is 1.88. The number of hydrogen-bond donors (Lipinski definition) is 1. The number of anilines is 1. The highest BCUT2D eigenvalue weighted by Gasteiger charge is 2.20. The van der Waals surface area contributed by atoms with Crippen LogP contribution in [0.1, 0.15) is 35.6 Å². The SMILES string of the molecule is N#Cc1ccc(NC2CCCc3ccccc32)c(Br)c1. The third kappa shape index (κ3) is 2.57. The molecule has 100 valence electrons. The average Bonchev–Trinajstić information content (AvgIpc) is 2.49. The molecule has 20 heavy (non-hydrogen) atoms. The predicted molar refractivity (Wildman–Crippen MR) is 84.6 cm³/mol. The largest absolute Gasteiger partial charge is 0.377 e. The van der Waals surface area contributed by atoms with Gasteiger partial charge in [-0.05, 0) is 64.5 Å². The summed E-state index contributed by atoms with van der Waals surface area (Å²) in [5.41, 5.74) is 4.56. The molecule has 0 saturated heterocycles. The zero-order valence-corrected chi connectivity index (χ0v) is 12.7. The third-order valence-corrected chi connectivity index (χ3v) is 4.45. The van der Waals surface area contributed by atoms with Crippen LogP contribution in [0.3, 0.4) is 0 Å². The van der Waals surface area contributed by atoms with Gasteiger partial charge in [0, 0.05) is 10.2 Å². The van der Waals surface area contributed by atoms with E-state index < -0.39 is 0 Å². The van der Waals surface area contributed by atoms with Gasteiger partial charge in [-0.15, -0.1) is 0 Å². The van der Waals surface area contributed by atoms with E-state index in [0.29, 0.717) is 11.6 Å². The van der Waals surface area contributed by atoms with Crippen LogP contribution in [0.4, 0.5) is 5.69 Å². The van der Waals surface area contributed by atoms with Gasteiger partial charge in [0.1, 0.15) is 0 Å². The smallest absolute Gasteiger partial charge is 0.0992 e. The first-order valence-electron chi connectivity index (χ1n) is 6.82. The normalized spacial score (nSPS) is 17.1. The number of hydrogen-bond acceptors (Lipinski definition) is 2. The summed E-state index contributed by atoms with van der Waals surface area (Å²) in [5, 5.41) is 12.5. The Morgan fingerprint density at radius 2 is 2.05 bits per heavy atom. The molecule has 1 atom stereocenters. The van der Waals surface area contributed by atoms with E-state index >= 15 is 0 Å². The molecule has 3 heteroatoms. The molecule has 1 N–H and O–H groups in total. The van der Waals surface area contributed by atoms with E-state index in [1.807, 2.05) is 18.2 Å². The Hall–Kier alpha value is -1.79. The molecule has 0 aliphatic heterocycles. The summed E-state index contributed by atoms with van der Waals surface area (Å²) in [4.78, 5) is 0. The van der Waals surface area contributed by atoms with Gasteiger partial charge in [-0.2, -0.15) is 5.26 Å². The summed E-state index contributed by atoms with van der Waals surface area (Å²) in [6, 6.07) is 16.8. The lowest BCUT2D eigenvalue weighted by molar-refractivity contribution is 0.600. The van der Waals surface area contributed by atoms with Crippen molar-refractivity contribution in [2.45, 2.75) is 25.3 Å². The number of halogens is 1. The zero-order valence-electron chi connectivity index (χ0n) is 11.1. The molecule has 1 unspecified atom stereocenters. The van der Waals surface area contributed by atoms with E-state index in [1.54, 1.807) is 0 Å². The highest BCUT2D eigenvalue weighted by molar-refractivity contribution is 9.10. The van der Waals surface area contributed by atoms with Crippen molar-refractivity contribution >= 4 is 21.6 Å². The maximum absolute atomic E-state index is 8.91. The molecule has 2 nitrogen and oxygen atoms in total. The second-order valence-electron chi connectivity index (χ2n) is 5.09. The monoisotopic (exact) mass is 326 g/mol. The van der Waals surface area contributed by atoms with Crippen LogP contribution in [-0.4, -0.2) is 0 Å². The first-order valence-corrected chi connectivity index (χ1v) is 7.61. The highest BCUT2D eigenvalue weighted by Crippen LogP contribution is 2.34. The number of aryl methyl sites for hydroxylation is 1. The molecule has 1 aliphatic carbocycles. The Morgan fingerprint density at radius 3 is 2.85 bits per heavy atom. The molecule has 3 rings (SSSR count). The lowest BCUT2D eigenvalue weighted by Gasteiger charge is -2.27. The molecule has 0 amide bonds. The second-order valence-corrected chi connectivity index (χ2v) is 5.95. The summed E-state index contributed by atoms with van der Waals surface area (Å²) in [7, 11) is 0. The van der Waals surface area contributed by atoms with Gasteiger partial charge in [0.15, 0.2) is 0 Å². The van der Waals surface area contributed by atoms with Gasteiger partial charge in [-0.1, -0.05) is 24.3 Å². The van der Waals surface area contributed by atoms with Gasteiger partial charge in [-0.25, -0.2) is 0 Å². The van der Waals surface area contributed by atoms with Gasteiger partial charge in [0.2, 0.25) is 0 Å². The zero-order chi connectivity index (χ0) is 13.9. The molecule has 1 aliphatic rings. The Bertz CT molecular complexity index is 673. The van der Waals surface area contributed by atoms with Crippen LogP contribution in [0, 0.1) is 11.3 Å². The summed E-state index contributed by atoms with van der Waals surface area (Å²) < 4.78 is 0.944. The van der Waals surface area contributed by atoms with Crippen LogP contribution in [0.5, 0.6) is 0 Å². The minimum atomic E-state index is 0.351. The molecule has 0 radical (unpaired) electrons. The Kier molecular flexibility index (Phi) is 3.75. The van der Waals surface area contributed by atoms with Crippen molar-refractivity contribution < 1.29 is 0 Å². The van der Waals surface area contributed by atoms with Crippen molar-refractivity contribution in [1.82, 2.24) is 0 Å². The fourth-order valence-corrected chi connectivity index (χ4v) is 3.29.